The molecule has 14 nitrogen and oxygen atoms in total. The van der Waals surface area contributed by atoms with Gasteiger partial charge in [0.1, 0.15) is 29.8 Å². The maximum absolute atomic E-state index is 13.9. The predicted molar refractivity (Wildman–Crippen MR) is 215 cm³/mol. The number of carbonyl (C=O) groups is 4. The summed E-state index contributed by atoms with van der Waals surface area (Å²) in [5, 5.41) is 8.85. The summed E-state index contributed by atoms with van der Waals surface area (Å²) in [4.78, 5) is 67.7. The van der Waals surface area contributed by atoms with Crippen molar-refractivity contribution < 1.29 is 28.7 Å². The monoisotopic (exact) mass is 774 g/mol. The number of rotatable bonds is 10. The number of amides is 4. The van der Waals surface area contributed by atoms with Gasteiger partial charge in [0.2, 0.25) is 5.91 Å². The number of aromatic amines is 1. The number of hydrogen-bond acceptors (Lipinski definition) is 9. The molecular formula is C43H50N8O6. The Bertz CT molecular complexity index is 2090. The molecule has 4 N–H and O–H groups in total. The van der Waals surface area contributed by atoms with Gasteiger partial charge in [-0.25, -0.2) is 14.6 Å². The van der Waals surface area contributed by atoms with Crippen LogP contribution in [0.25, 0.3) is 22.4 Å². The fourth-order valence-corrected chi connectivity index (χ4v) is 7.76. The van der Waals surface area contributed by atoms with Gasteiger partial charge in [-0.2, -0.15) is 0 Å². The summed E-state index contributed by atoms with van der Waals surface area (Å²) in [7, 11) is 1.28. The van der Waals surface area contributed by atoms with Crippen LogP contribution in [-0.2, 0) is 19.1 Å². The van der Waals surface area contributed by atoms with Crippen LogP contribution in [0.1, 0.15) is 81.5 Å². The number of aromatic nitrogens is 2. The third-order valence-electron chi connectivity index (χ3n) is 10.6. The molecule has 14 heteroatoms. The molecule has 0 spiro atoms. The first kappa shape index (κ1) is 39.1. The Balaban J connectivity index is 0.951. The molecule has 0 saturated carbocycles. The summed E-state index contributed by atoms with van der Waals surface area (Å²) < 4.78 is 10.1. The number of aliphatic imine (C=N–C) groups is 1. The van der Waals surface area contributed by atoms with Crippen LogP contribution >= 0.6 is 0 Å². The number of nitrogens with one attached hydrogen (secondary N) is 4. The van der Waals surface area contributed by atoms with Crippen molar-refractivity contribution >= 4 is 29.8 Å². The molecular weight excluding hydrogens is 725 g/mol. The molecule has 4 amide bonds. The number of benzene rings is 3. The van der Waals surface area contributed by atoms with Crippen LogP contribution in [0.3, 0.4) is 0 Å². The zero-order chi connectivity index (χ0) is 40.1. The van der Waals surface area contributed by atoms with Crippen molar-refractivity contribution in [1.82, 2.24) is 35.7 Å². The van der Waals surface area contributed by atoms with E-state index in [9.17, 15) is 19.2 Å². The van der Waals surface area contributed by atoms with E-state index in [0.717, 1.165) is 59.5 Å². The number of carbonyl (C=O) groups excluding carboxylic acids is 4. The minimum Gasteiger partial charge on any atom is -0.453 e. The Hall–Kier alpha value is -6.18. The lowest BCUT2D eigenvalue weighted by Gasteiger charge is -2.28. The first-order chi connectivity index (χ1) is 27.5. The number of nitrogens with zero attached hydrogens (tertiary/aromatic N) is 4. The third kappa shape index (κ3) is 9.11. The zero-order valence-corrected chi connectivity index (χ0v) is 32.8. The van der Waals surface area contributed by atoms with E-state index in [4.69, 9.17) is 19.5 Å². The fourth-order valence-electron chi connectivity index (χ4n) is 7.76. The van der Waals surface area contributed by atoms with E-state index < -0.39 is 23.8 Å². The maximum Gasteiger partial charge on any atom is 0.408 e. The highest BCUT2D eigenvalue weighted by molar-refractivity contribution is 5.94. The molecule has 3 aliphatic rings. The Morgan fingerprint density at radius 3 is 2.18 bits per heavy atom. The SMILES string of the molecule is COC(=O)N[C@@H](C(=O)N1CCC[C@H]1c1ncc(-c2ccc(-c3ccc(C4CN=C([C@@H]5CCCN5C(=O)CNC(=O)OC(C)(C)C)N4)cc3)cc2)[nH]1)c1ccccc1. The first-order valence-electron chi connectivity index (χ1n) is 19.5. The Morgan fingerprint density at radius 1 is 0.842 bits per heavy atom. The van der Waals surface area contributed by atoms with Crippen LogP contribution in [-0.4, -0.2) is 94.5 Å². The number of ether oxygens (including phenoxy) is 2. The second kappa shape index (κ2) is 16.9. The summed E-state index contributed by atoms with van der Waals surface area (Å²) in [6, 6.07) is 24.6. The van der Waals surface area contributed by atoms with E-state index in [2.05, 4.69) is 69.5 Å². The Kier molecular flexibility index (Phi) is 11.6. The Morgan fingerprint density at radius 2 is 1.49 bits per heavy atom. The van der Waals surface area contributed by atoms with Gasteiger partial charge in [0.05, 0.1) is 43.7 Å². The van der Waals surface area contributed by atoms with Crippen molar-refractivity contribution in [3.8, 4) is 22.4 Å². The molecule has 0 aliphatic carbocycles. The van der Waals surface area contributed by atoms with Crippen LogP contribution < -0.4 is 16.0 Å². The molecule has 3 aliphatic heterocycles. The first-order valence-corrected chi connectivity index (χ1v) is 19.5. The van der Waals surface area contributed by atoms with Crippen LogP contribution in [0.5, 0.6) is 0 Å². The predicted octanol–water partition coefficient (Wildman–Crippen LogP) is 6.06. The minimum absolute atomic E-state index is 0.00265. The number of imidazole rings is 1. The van der Waals surface area contributed by atoms with Crippen molar-refractivity contribution in [2.45, 2.75) is 76.2 Å². The summed E-state index contributed by atoms with van der Waals surface area (Å²) in [6.07, 6.45) is 3.78. The van der Waals surface area contributed by atoms with Gasteiger partial charge < -0.3 is 40.2 Å². The number of amidine groups is 1. The van der Waals surface area contributed by atoms with E-state index in [-0.39, 0.29) is 36.5 Å². The second-order valence-electron chi connectivity index (χ2n) is 15.6. The van der Waals surface area contributed by atoms with Crippen molar-refractivity contribution in [3.63, 3.8) is 0 Å². The number of alkyl carbamates (subject to hydrolysis) is 2. The molecule has 2 fully saturated rings. The molecule has 7 rings (SSSR count). The molecule has 0 bridgehead atoms. The van der Waals surface area contributed by atoms with Crippen molar-refractivity contribution in [2.75, 3.05) is 33.3 Å². The topological polar surface area (TPSA) is 170 Å². The van der Waals surface area contributed by atoms with Gasteiger partial charge in [-0.1, -0.05) is 78.9 Å². The van der Waals surface area contributed by atoms with E-state index in [1.165, 1.54) is 7.11 Å². The molecule has 2 saturated heterocycles. The van der Waals surface area contributed by atoms with E-state index in [1.807, 2.05) is 30.3 Å². The molecule has 0 radical (unpaired) electrons. The quantitative estimate of drug-likeness (QED) is 0.151. The maximum atomic E-state index is 13.9. The summed E-state index contributed by atoms with van der Waals surface area (Å²) in [5.74, 6) is 1.15. The van der Waals surface area contributed by atoms with Crippen LogP contribution in [0, 0.1) is 0 Å². The molecule has 298 valence electrons. The molecule has 1 unspecified atom stereocenters. The summed E-state index contributed by atoms with van der Waals surface area (Å²) in [5.41, 5.74) is 5.12. The second-order valence-corrected chi connectivity index (χ2v) is 15.6. The van der Waals surface area contributed by atoms with Gasteiger partial charge in [0.25, 0.3) is 5.91 Å². The lowest BCUT2D eigenvalue weighted by Crippen LogP contribution is -2.48. The van der Waals surface area contributed by atoms with E-state index in [0.29, 0.717) is 31.0 Å². The van der Waals surface area contributed by atoms with Gasteiger partial charge >= 0.3 is 12.2 Å². The highest BCUT2D eigenvalue weighted by Gasteiger charge is 2.38. The van der Waals surface area contributed by atoms with Crippen molar-refractivity contribution in [3.05, 3.63) is 102 Å². The average molecular weight is 775 g/mol. The van der Waals surface area contributed by atoms with Crippen molar-refractivity contribution in [2.24, 2.45) is 4.99 Å². The lowest BCUT2D eigenvalue weighted by atomic mass is 9.99. The number of hydrogen-bond donors (Lipinski definition) is 4. The largest absolute Gasteiger partial charge is 0.453 e. The average Bonchev–Trinajstić information content (AvgIpc) is 4.06. The normalized spacial score (nSPS) is 19.7. The zero-order valence-electron chi connectivity index (χ0n) is 32.8. The third-order valence-corrected chi connectivity index (χ3v) is 10.6. The van der Waals surface area contributed by atoms with Gasteiger partial charge in [0.15, 0.2) is 0 Å². The molecule has 4 aromatic rings. The van der Waals surface area contributed by atoms with Gasteiger partial charge in [-0.3, -0.25) is 14.6 Å². The van der Waals surface area contributed by atoms with E-state index >= 15 is 0 Å². The standard InChI is InChI=1S/C43H50N8O6/c1-43(2,3)57-41(54)46-26-36(52)50-22-8-12-34(50)38-44-24-32(47-38)29-18-14-27(15-19-29)28-16-20-30(21-17-28)33-25-45-39(48-33)35-13-9-23-51(35)40(53)37(49-42(55)56-4)31-10-6-5-7-11-31/h5-7,10-11,14-21,25,32,34-35,37H,8-9,12-13,22-24,26H2,1-4H3,(H,44,47)(H,45,48)(H,46,54)(H,49,55)/t32?,34-,35-,37+/m0/s1. The number of likely N-dealkylation sites (tertiary alicyclic amines) is 2. The number of H-pyrrole nitrogens is 1. The van der Waals surface area contributed by atoms with Gasteiger partial charge in [-0.15, -0.1) is 0 Å². The molecule has 4 atom stereocenters. The molecule has 1 aromatic heterocycles. The van der Waals surface area contributed by atoms with Gasteiger partial charge in [0, 0.05) is 13.1 Å². The molecule has 4 heterocycles. The fraction of sp³-hybridized carbons (Fsp3) is 0.395. The van der Waals surface area contributed by atoms with Gasteiger partial charge in [-0.05, 0) is 74.3 Å². The van der Waals surface area contributed by atoms with Crippen LogP contribution in [0.4, 0.5) is 9.59 Å². The minimum atomic E-state index is -0.877. The van der Waals surface area contributed by atoms with Crippen LogP contribution in [0.2, 0.25) is 0 Å². The van der Waals surface area contributed by atoms with E-state index in [1.54, 1.807) is 36.8 Å². The highest BCUT2D eigenvalue weighted by Crippen LogP contribution is 2.35. The summed E-state index contributed by atoms with van der Waals surface area (Å²) in [6.45, 7) is 6.98. The lowest BCUT2D eigenvalue weighted by molar-refractivity contribution is -0.134. The number of methoxy groups -OCH3 is 1. The van der Waals surface area contributed by atoms with Crippen LogP contribution in [0.15, 0.2) is 90.1 Å². The Labute approximate surface area is 332 Å². The summed E-state index contributed by atoms with van der Waals surface area (Å²) >= 11 is 0. The smallest absolute Gasteiger partial charge is 0.408 e. The molecule has 3 aromatic carbocycles. The highest BCUT2D eigenvalue weighted by atomic mass is 16.6. The molecule has 57 heavy (non-hydrogen) atoms. The van der Waals surface area contributed by atoms with Crippen molar-refractivity contribution in [1.29, 1.82) is 0 Å².